The van der Waals surface area contributed by atoms with E-state index in [0.29, 0.717) is 31.1 Å². The lowest BCUT2D eigenvalue weighted by Gasteiger charge is -2.28. The summed E-state index contributed by atoms with van der Waals surface area (Å²) in [5.74, 6) is 0.0628. The van der Waals surface area contributed by atoms with Crippen molar-refractivity contribution in [2.24, 2.45) is 5.92 Å². The van der Waals surface area contributed by atoms with Gasteiger partial charge in [0.05, 0.1) is 19.6 Å². The second kappa shape index (κ2) is 8.44. The average Bonchev–Trinajstić information content (AvgIpc) is 3.16. The molecule has 4 rings (SSSR count). The molecule has 2 aromatic rings. The molecule has 2 aliphatic heterocycles. The number of methoxy groups -OCH3 is 1. The molecule has 0 aromatic heterocycles. The molecule has 156 valence electrons. The van der Waals surface area contributed by atoms with Gasteiger partial charge in [0, 0.05) is 43.1 Å². The van der Waals surface area contributed by atoms with E-state index in [1.165, 1.54) is 0 Å². The maximum atomic E-state index is 12.7. The van der Waals surface area contributed by atoms with Crippen molar-refractivity contribution in [2.45, 2.75) is 6.42 Å². The lowest BCUT2D eigenvalue weighted by atomic mass is 10.1. The first-order valence-electron chi connectivity index (χ1n) is 9.90. The van der Waals surface area contributed by atoms with Crippen LogP contribution in [0.4, 0.5) is 17.1 Å². The lowest BCUT2D eigenvalue weighted by molar-refractivity contribution is -0.122. The van der Waals surface area contributed by atoms with E-state index in [2.05, 4.69) is 10.6 Å². The number of carbonyl (C=O) groups is 3. The Kier molecular flexibility index (Phi) is 5.56. The van der Waals surface area contributed by atoms with Crippen LogP contribution in [0, 0.1) is 5.92 Å². The fraction of sp³-hybridized carbons (Fsp3) is 0.318. The maximum Gasteiger partial charge on any atom is 0.239 e. The molecule has 0 radical (unpaired) electrons. The molecular formula is C22H24N4O4. The van der Waals surface area contributed by atoms with Crippen molar-refractivity contribution in [2.75, 3.05) is 48.4 Å². The first-order valence-corrected chi connectivity index (χ1v) is 9.90. The summed E-state index contributed by atoms with van der Waals surface area (Å²) in [5, 5.41) is 5.70. The third kappa shape index (κ3) is 4.22. The maximum absolute atomic E-state index is 12.7. The van der Waals surface area contributed by atoms with Crippen molar-refractivity contribution in [3.05, 3.63) is 48.5 Å². The highest BCUT2D eigenvalue weighted by Gasteiger charge is 2.35. The molecule has 2 N–H and O–H groups in total. The number of nitrogens with zero attached hydrogens (tertiary/aromatic N) is 2. The highest BCUT2D eigenvalue weighted by molar-refractivity contribution is 6.03. The molecule has 2 aromatic carbocycles. The standard InChI is InChI=1S/C22H24N4O4/c1-30-19-8-6-18(7-9-19)26-13-15(12-21(26)28)22(29)24-16-2-4-17(5-3-16)25-11-10-23-20(27)14-25/h2-9,15H,10-14H2,1H3,(H,23,27)(H,24,29). The Morgan fingerprint density at radius 2 is 1.77 bits per heavy atom. The minimum Gasteiger partial charge on any atom is -0.497 e. The second-order valence-corrected chi connectivity index (χ2v) is 7.41. The van der Waals surface area contributed by atoms with Crippen LogP contribution in [0.15, 0.2) is 48.5 Å². The van der Waals surface area contributed by atoms with Crippen molar-refractivity contribution in [3.8, 4) is 5.75 Å². The van der Waals surface area contributed by atoms with Crippen molar-refractivity contribution in [3.63, 3.8) is 0 Å². The molecule has 8 heteroatoms. The molecule has 1 atom stereocenters. The quantitative estimate of drug-likeness (QED) is 0.785. The topological polar surface area (TPSA) is 91.0 Å². The molecule has 3 amide bonds. The third-order valence-electron chi connectivity index (χ3n) is 5.42. The van der Waals surface area contributed by atoms with Crippen LogP contribution in [0.2, 0.25) is 0 Å². The van der Waals surface area contributed by atoms with Crippen molar-refractivity contribution in [1.82, 2.24) is 5.32 Å². The van der Waals surface area contributed by atoms with E-state index in [4.69, 9.17) is 4.74 Å². The van der Waals surface area contributed by atoms with E-state index in [0.717, 1.165) is 17.9 Å². The van der Waals surface area contributed by atoms with Gasteiger partial charge in [-0.3, -0.25) is 14.4 Å². The predicted octanol–water partition coefficient (Wildman–Crippen LogP) is 1.62. The fourth-order valence-electron chi connectivity index (χ4n) is 3.75. The van der Waals surface area contributed by atoms with Gasteiger partial charge in [0.1, 0.15) is 5.75 Å². The summed E-state index contributed by atoms with van der Waals surface area (Å²) in [7, 11) is 1.59. The number of benzene rings is 2. The van der Waals surface area contributed by atoms with Crippen LogP contribution < -0.4 is 25.2 Å². The van der Waals surface area contributed by atoms with Gasteiger partial charge < -0.3 is 25.2 Å². The number of nitrogens with one attached hydrogen (secondary N) is 2. The summed E-state index contributed by atoms with van der Waals surface area (Å²) in [5.41, 5.74) is 2.36. The minimum absolute atomic E-state index is 0.00550. The normalized spacial score (nSPS) is 18.9. The number of hydrogen-bond donors (Lipinski definition) is 2. The minimum atomic E-state index is -0.412. The number of hydrogen-bond acceptors (Lipinski definition) is 5. The SMILES string of the molecule is COc1ccc(N2CC(C(=O)Nc3ccc(N4CCNC(=O)C4)cc3)CC2=O)cc1. The van der Waals surface area contributed by atoms with E-state index in [1.54, 1.807) is 24.1 Å². The number of piperazine rings is 1. The molecule has 0 aliphatic carbocycles. The Balaban J connectivity index is 1.36. The molecule has 2 aliphatic rings. The van der Waals surface area contributed by atoms with E-state index in [1.807, 2.05) is 41.3 Å². The van der Waals surface area contributed by atoms with Crippen LogP contribution in [0.25, 0.3) is 0 Å². The summed E-state index contributed by atoms with van der Waals surface area (Å²) in [6.45, 7) is 2.05. The van der Waals surface area contributed by atoms with E-state index in [9.17, 15) is 14.4 Å². The number of ether oxygens (including phenoxy) is 1. The Bertz CT molecular complexity index is 943. The zero-order chi connectivity index (χ0) is 21.1. The first-order chi connectivity index (χ1) is 14.5. The van der Waals surface area contributed by atoms with Gasteiger partial charge in [-0.25, -0.2) is 0 Å². The molecule has 1 unspecified atom stereocenters. The van der Waals surface area contributed by atoms with Gasteiger partial charge in [-0.05, 0) is 48.5 Å². The van der Waals surface area contributed by atoms with Gasteiger partial charge in [0.15, 0.2) is 0 Å². The summed E-state index contributed by atoms with van der Waals surface area (Å²) in [4.78, 5) is 40.3. The molecule has 0 spiro atoms. The summed E-state index contributed by atoms with van der Waals surface area (Å²) in [6, 6.07) is 14.6. The zero-order valence-electron chi connectivity index (χ0n) is 16.8. The average molecular weight is 408 g/mol. The van der Waals surface area contributed by atoms with E-state index < -0.39 is 5.92 Å². The van der Waals surface area contributed by atoms with E-state index >= 15 is 0 Å². The van der Waals surface area contributed by atoms with E-state index in [-0.39, 0.29) is 24.1 Å². The summed E-state index contributed by atoms with van der Waals surface area (Å²) >= 11 is 0. The van der Waals surface area contributed by atoms with Crippen LogP contribution in [-0.2, 0) is 14.4 Å². The van der Waals surface area contributed by atoms with Crippen LogP contribution in [0.1, 0.15) is 6.42 Å². The van der Waals surface area contributed by atoms with Crippen LogP contribution in [0.5, 0.6) is 5.75 Å². The third-order valence-corrected chi connectivity index (χ3v) is 5.42. The number of carbonyl (C=O) groups excluding carboxylic acids is 3. The van der Waals surface area contributed by atoms with Crippen LogP contribution in [-0.4, -0.2) is 51.0 Å². The number of rotatable bonds is 5. The predicted molar refractivity (Wildman–Crippen MR) is 114 cm³/mol. The molecule has 2 saturated heterocycles. The number of amides is 3. The van der Waals surface area contributed by atoms with Crippen molar-refractivity contribution < 1.29 is 19.1 Å². The van der Waals surface area contributed by atoms with Gasteiger partial charge >= 0.3 is 0 Å². The van der Waals surface area contributed by atoms with Gasteiger partial charge in [-0.15, -0.1) is 0 Å². The monoisotopic (exact) mass is 408 g/mol. The van der Waals surface area contributed by atoms with Crippen molar-refractivity contribution >= 4 is 34.8 Å². The van der Waals surface area contributed by atoms with Gasteiger partial charge in [0.2, 0.25) is 17.7 Å². The largest absolute Gasteiger partial charge is 0.497 e. The Morgan fingerprint density at radius 1 is 1.07 bits per heavy atom. The van der Waals surface area contributed by atoms with Crippen molar-refractivity contribution in [1.29, 1.82) is 0 Å². The second-order valence-electron chi connectivity index (χ2n) is 7.41. The van der Waals surface area contributed by atoms with Crippen LogP contribution in [0.3, 0.4) is 0 Å². The summed E-state index contributed by atoms with van der Waals surface area (Å²) in [6.07, 6.45) is 0.179. The Morgan fingerprint density at radius 3 is 2.43 bits per heavy atom. The first kappa shape index (κ1) is 19.8. The molecule has 30 heavy (non-hydrogen) atoms. The molecule has 0 bridgehead atoms. The molecular weight excluding hydrogens is 384 g/mol. The van der Waals surface area contributed by atoms with Gasteiger partial charge in [0.25, 0.3) is 0 Å². The highest BCUT2D eigenvalue weighted by Crippen LogP contribution is 2.28. The fourth-order valence-corrected chi connectivity index (χ4v) is 3.75. The Hall–Kier alpha value is -3.55. The van der Waals surface area contributed by atoms with Gasteiger partial charge in [-0.1, -0.05) is 0 Å². The zero-order valence-corrected chi connectivity index (χ0v) is 16.8. The highest BCUT2D eigenvalue weighted by atomic mass is 16.5. The smallest absolute Gasteiger partial charge is 0.239 e. The number of anilines is 3. The van der Waals surface area contributed by atoms with Crippen LogP contribution >= 0.6 is 0 Å². The lowest BCUT2D eigenvalue weighted by Crippen LogP contribution is -2.47. The Labute approximate surface area is 174 Å². The molecule has 2 heterocycles. The molecule has 2 fully saturated rings. The van der Waals surface area contributed by atoms with Gasteiger partial charge in [-0.2, -0.15) is 0 Å². The molecule has 0 saturated carbocycles. The molecule has 8 nitrogen and oxygen atoms in total. The summed E-state index contributed by atoms with van der Waals surface area (Å²) < 4.78 is 5.15.